The molecule has 1 aromatic rings. The molecule has 0 fully saturated rings. The molecule has 0 aliphatic rings. The van der Waals surface area contributed by atoms with Crippen molar-refractivity contribution < 1.29 is 0 Å². The number of thiol groups is 1. The summed E-state index contributed by atoms with van der Waals surface area (Å²) in [6.07, 6.45) is 0. The maximum absolute atomic E-state index is 4.25. The first-order valence-electron chi connectivity index (χ1n) is 2.96. The Morgan fingerprint density at radius 2 is 1.80 bits per heavy atom. The van der Waals surface area contributed by atoms with Gasteiger partial charge in [0.2, 0.25) is 0 Å². The molecular weight excluding hydrogens is 167 g/mol. The fourth-order valence-corrected chi connectivity index (χ4v) is 0.944. The van der Waals surface area contributed by atoms with Gasteiger partial charge in [-0.15, -0.1) is 12.6 Å². The van der Waals surface area contributed by atoms with Crippen molar-refractivity contribution in [1.29, 1.82) is 0 Å². The fraction of sp³-hybridized carbons (Fsp3) is 0.250. The van der Waals surface area contributed by atoms with Crippen LogP contribution in [0.25, 0.3) is 0 Å². The van der Waals surface area contributed by atoms with Crippen LogP contribution in [0.1, 0.15) is 11.1 Å². The van der Waals surface area contributed by atoms with E-state index in [1.54, 1.807) is 0 Å². The molecule has 0 saturated carbocycles. The summed E-state index contributed by atoms with van der Waals surface area (Å²) in [6.45, 7) is 4.15. The Kier molecular flexibility index (Phi) is 5.56. The van der Waals surface area contributed by atoms with Crippen LogP contribution in [-0.2, 0) is 0 Å². The van der Waals surface area contributed by atoms with E-state index in [-0.39, 0.29) is 51.4 Å². The zero-order chi connectivity index (χ0) is 6.85. The Hall–Kier alpha value is 1.21. The molecule has 1 rings (SSSR count). The molecule has 0 saturated heterocycles. The van der Waals surface area contributed by atoms with Gasteiger partial charge in [0, 0.05) is 4.90 Å². The third kappa shape index (κ3) is 3.07. The van der Waals surface area contributed by atoms with E-state index < -0.39 is 0 Å². The molecule has 0 aliphatic carbocycles. The van der Waals surface area contributed by atoms with E-state index in [0.29, 0.717) is 0 Å². The quantitative estimate of drug-likeness (QED) is 0.455. The van der Waals surface area contributed by atoms with Crippen LogP contribution in [0.4, 0.5) is 0 Å². The van der Waals surface area contributed by atoms with Crippen LogP contribution in [0, 0.1) is 13.8 Å². The summed E-state index contributed by atoms with van der Waals surface area (Å²) < 4.78 is 0. The van der Waals surface area contributed by atoms with E-state index in [1.807, 2.05) is 6.07 Å². The van der Waals surface area contributed by atoms with Gasteiger partial charge in [0.15, 0.2) is 0 Å². The summed E-state index contributed by atoms with van der Waals surface area (Å²) in [5, 5.41) is 0. The zero-order valence-corrected chi connectivity index (χ0v) is 6.57. The third-order valence-electron chi connectivity index (χ3n) is 1.35. The molecule has 1 aromatic carbocycles. The Labute approximate surface area is 110 Å². The van der Waals surface area contributed by atoms with Gasteiger partial charge in [-0.25, -0.2) is 0 Å². The van der Waals surface area contributed by atoms with Crippen molar-refractivity contribution in [3.63, 3.8) is 0 Å². The SMILES string of the molecule is Cc1ccc(S)c(C)c1.[KH]. The molecule has 0 radical (unpaired) electrons. The summed E-state index contributed by atoms with van der Waals surface area (Å²) in [5.41, 5.74) is 2.55. The second-order valence-electron chi connectivity index (χ2n) is 2.29. The van der Waals surface area contributed by atoms with Crippen molar-refractivity contribution in [2.24, 2.45) is 0 Å². The summed E-state index contributed by atoms with van der Waals surface area (Å²) >= 11 is 4.25. The van der Waals surface area contributed by atoms with Gasteiger partial charge in [-0.05, 0) is 25.5 Å². The number of aryl methyl sites for hydroxylation is 2. The first-order chi connectivity index (χ1) is 4.20. The Bertz CT molecular complexity index is 220. The van der Waals surface area contributed by atoms with E-state index in [1.165, 1.54) is 11.1 Å². The fourth-order valence-electron chi connectivity index (χ4n) is 0.805. The molecule has 0 N–H and O–H groups in total. The van der Waals surface area contributed by atoms with E-state index in [0.717, 1.165) is 4.90 Å². The second-order valence-corrected chi connectivity index (χ2v) is 2.77. The van der Waals surface area contributed by atoms with E-state index in [4.69, 9.17) is 0 Å². The van der Waals surface area contributed by atoms with Crippen LogP contribution >= 0.6 is 12.6 Å². The van der Waals surface area contributed by atoms with Gasteiger partial charge >= 0.3 is 51.4 Å². The van der Waals surface area contributed by atoms with Crippen molar-refractivity contribution in [3.05, 3.63) is 29.3 Å². The third-order valence-corrected chi connectivity index (χ3v) is 1.85. The maximum atomic E-state index is 4.25. The molecule has 0 bridgehead atoms. The standard InChI is InChI=1S/C8H10S.K.H/c1-6-3-4-8(9)7(2)5-6;;/h3-5,9H,1-2H3;;. The molecule has 10 heavy (non-hydrogen) atoms. The van der Waals surface area contributed by atoms with Crippen molar-refractivity contribution in [2.45, 2.75) is 18.7 Å². The number of hydrogen-bond donors (Lipinski definition) is 1. The Morgan fingerprint density at radius 3 is 2.20 bits per heavy atom. The number of benzene rings is 1. The van der Waals surface area contributed by atoms with Crippen LogP contribution in [0.5, 0.6) is 0 Å². The predicted molar refractivity (Wildman–Crippen MR) is 50.3 cm³/mol. The average molecular weight is 178 g/mol. The van der Waals surface area contributed by atoms with Crippen LogP contribution in [0.15, 0.2) is 23.1 Å². The van der Waals surface area contributed by atoms with Gasteiger partial charge in [-0.2, -0.15) is 0 Å². The van der Waals surface area contributed by atoms with Crippen LogP contribution < -0.4 is 0 Å². The van der Waals surface area contributed by atoms with Gasteiger partial charge < -0.3 is 0 Å². The van der Waals surface area contributed by atoms with Gasteiger partial charge in [0.25, 0.3) is 0 Å². The van der Waals surface area contributed by atoms with Gasteiger partial charge in [0.05, 0.1) is 0 Å². The molecule has 50 valence electrons. The van der Waals surface area contributed by atoms with Crippen molar-refractivity contribution in [2.75, 3.05) is 0 Å². The average Bonchev–Trinajstić information content (AvgIpc) is 1.80. The molecule has 2 heteroatoms. The molecule has 0 unspecified atom stereocenters. The van der Waals surface area contributed by atoms with Crippen molar-refractivity contribution in [1.82, 2.24) is 0 Å². The van der Waals surface area contributed by atoms with Gasteiger partial charge in [-0.1, -0.05) is 17.7 Å². The Balaban J connectivity index is 0.000000810. The summed E-state index contributed by atoms with van der Waals surface area (Å²) in [6, 6.07) is 6.21. The summed E-state index contributed by atoms with van der Waals surface area (Å²) in [5.74, 6) is 0. The van der Waals surface area contributed by atoms with E-state index in [2.05, 4.69) is 38.6 Å². The molecule has 0 heterocycles. The van der Waals surface area contributed by atoms with Crippen LogP contribution in [0.2, 0.25) is 0 Å². The minimum absolute atomic E-state index is 0. The first-order valence-corrected chi connectivity index (χ1v) is 3.41. The van der Waals surface area contributed by atoms with Crippen molar-refractivity contribution >= 4 is 64.0 Å². The monoisotopic (exact) mass is 178 g/mol. The van der Waals surface area contributed by atoms with E-state index >= 15 is 0 Å². The molecule has 0 spiro atoms. The molecular formula is C8H11KS. The molecule has 0 amide bonds. The zero-order valence-electron chi connectivity index (χ0n) is 5.68. The molecule has 0 atom stereocenters. The topological polar surface area (TPSA) is 0 Å². The van der Waals surface area contributed by atoms with Gasteiger partial charge in [0.1, 0.15) is 0 Å². The molecule has 0 aliphatic heterocycles. The molecule has 0 aromatic heterocycles. The predicted octanol–water partition coefficient (Wildman–Crippen LogP) is 1.94. The summed E-state index contributed by atoms with van der Waals surface area (Å²) in [4.78, 5) is 1.07. The normalized spacial score (nSPS) is 8.70. The Morgan fingerprint density at radius 1 is 1.20 bits per heavy atom. The van der Waals surface area contributed by atoms with Gasteiger partial charge in [-0.3, -0.25) is 0 Å². The van der Waals surface area contributed by atoms with Crippen molar-refractivity contribution in [3.8, 4) is 0 Å². The second kappa shape index (κ2) is 4.96. The van der Waals surface area contributed by atoms with Crippen LogP contribution in [0.3, 0.4) is 0 Å². The van der Waals surface area contributed by atoms with Crippen LogP contribution in [-0.4, -0.2) is 51.4 Å². The summed E-state index contributed by atoms with van der Waals surface area (Å²) in [7, 11) is 0. The number of rotatable bonds is 0. The number of hydrogen-bond acceptors (Lipinski definition) is 1. The first kappa shape index (κ1) is 11.2. The minimum atomic E-state index is 0. The molecule has 0 nitrogen and oxygen atoms in total. The van der Waals surface area contributed by atoms with E-state index in [9.17, 15) is 0 Å².